The first-order chi connectivity index (χ1) is 10.3. The molecule has 0 spiro atoms. The van der Waals surface area contributed by atoms with Crippen LogP contribution in [-0.2, 0) is 6.54 Å². The largest absolute Gasteiger partial charge is 0.481 e. The Morgan fingerprint density at radius 3 is 2.67 bits per heavy atom. The molecule has 1 aromatic carbocycles. The number of aryl methyl sites for hydroxylation is 1. The van der Waals surface area contributed by atoms with Crippen molar-refractivity contribution < 1.29 is 4.74 Å². The molecule has 3 rings (SSSR count). The molecule has 0 aliphatic heterocycles. The maximum absolute atomic E-state index is 5.28. The van der Waals surface area contributed by atoms with Crippen LogP contribution in [0.25, 0.3) is 0 Å². The molecule has 2 aromatic rings. The fraction of sp³-hybridized carbons (Fsp3) is 0.389. The van der Waals surface area contributed by atoms with Crippen LogP contribution in [-0.4, -0.2) is 18.1 Å². The highest BCUT2D eigenvalue weighted by Gasteiger charge is 2.29. The standard InChI is InChI=1S/C18H22N2O/c1-13-5-7-14(8-6-13)16-10-17(11-16)20-12-15-4-3-9-19-18(15)21-2/h3-9,16-17,20H,10-12H2,1-2H3. The average molecular weight is 282 g/mol. The van der Waals surface area contributed by atoms with Gasteiger partial charge in [-0.05, 0) is 37.3 Å². The van der Waals surface area contributed by atoms with Gasteiger partial charge in [0.1, 0.15) is 0 Å². The van der Waals surface area contributed by atoms with Gasteiger partial charge < -0.3 is 10.1 Å². The van der Waals surface area contributed by atoms with E-state index in [1.165, 1.54) is 24.0 Å². The number of benzene rings is 1. The number of hydrogen-bond donors (Lipinski definition) is 1. The lowest BCUT2D eigenvalue weighted by molar-refractivity contribution is 0.287. The summed E-state index contributed by atoms with van der Waals surface area (Å²) < 4.78 is 5.28. The van der Waals surface area contributed by atoms with E-state index in [-0.39, 0.29) is 0 Å². The number of pyridine rings is 1. The van der Waals surface area contributed by atoms with E-state index in [0.717, 1.165) is 18.0 Å². The predicted molar refractivity (Wildman–Crippen MR) is 84.6 cm³/mol. The molecule has 21 heavy (non-hydrogen) atoms. The quantitative estimate of drug-likeness (QED) is 0.912. The molecule has 1 aromatic heterocycles. The van der Waals surface area contributed by atoms with E-state index in [1.807, 2.05) is 6.07 Å². The Hall–Kier alpha value is -1.87. The molecule has 0 bridgehead atoms. The second-order valence-electron chi connectivity index (χ2n) is 5.83. The number of rotatable bonds is 5. The maximum atomic E-state index is 5.28. The third-order valence-corrected chi connectivity index (χ3v) is 4.31. The molecule has 3 heteroatoms. The van der Waals surface area contributed by atoms with Crippen molar-refractivity contribution in [3.8, 4) is 5.88 Å². The van der Waals surface area contributed by atoms with Crippen molar-refractivity contribution in [2.75, 3.05) is 7.11 Å². The van der Waals surface area contributed by atoms with Gasteiger partial charge in [-0.1, -0.05) is 35.9 Å². The highest BCUT2D eigenvalue weighted by Crippen LogP contribution is 2.37. The van der Waals surface area contributed by atoms with Crippen LogP contribution in [0, 0.1) is 6.92 Å². The van der Waals surface area contributed by atoms with Crippen molar-refractivity contribution in [3.05, 3.63) is 59.3 Å². The first kappa shape index (κ1) is 14.1. The van der Waals surface area contributed by atoms with Gasteiger partial charge in [0.25, 0.3) is 0 Å². The molecule has 1 saturated carbocycles. The summed E-state index contributed by atoms with van der Waals surface area (Å²) in [4.78, 5) is 4.23. The Bertz CT molecular complexity index is 588. The summed E-state index contributed by atoms with van der Waals surface area (Å²) in [6.07, 6.45) is 4.19. The minimum absolute atomic E-state index is 0.598. The lowest BCUT2D eigenvalue weighted by Crippen LogP contribution is -2.39. The third-order valence-electron chi connectivity index (χ3n) is 4.31. The first-order valence-electron chi connectivity index (χ1n) is 7.54. The van der Waals surface area contributed by atoms with Crippen LogP contribution in [0.4, 0.5) is 0 Å². The van der Waals surface area contributed by atoms with E-state index in [0.29, 0.717) is 12.0 Å². The van der Waals surface area contributed by atoms with E-state index < -0.39 is 0 Å². The smallest absolute Gasteiger partial charge is 0.217 e. The summed E-state index contributed by atoms with van der Waals surface area (Å²) in [5, 5.41) is 3.60. The first-order valence-corrected chi connectivity index (χ1v) is 7.54. The molecule has 0 unspecified atom stereocenters. The summed E-state index contributed by atoms with van der Waals surface area (Å²) >= 11 is 0. The molecule has 0 radical (unpaired) electrons. The van der Waals surface area contributed by atoms with Crippen LogP contribution < -0.4 is 10.1 Å². The number of nitrogens with one attached hydrogen (secondary N) is 1. The second-order valence-corrected chi connectivity index (χ2v) is 5.83. The molecule has 1 N–H and O–H groups in total. The fourth-order valence-corrected chi connectivity index (χ4v) is 2.89. The zero-order chi connectivity index (χ0) is 14.7. The van der Waals surface area contributed by atoms with Crippen LogP contribution in [0.3, 0.4) is 0 Å². The van der Waals surface area contributed by atoms with Crippen molar-refractivity contribution >= 4 is 0 Å². The van der Waals surface area contributed by atoms with E-state index in [4.69, 9.17) is 4.74 Å². The Morgan fingerprint density at radius 2 is 1.95 bits per heavy atom. The van der Waals surface area contributed by atoms with Crippen LogP contribution in [0.1, 0.15) is 35.4 Å². The molecule has 1 aliphatic rings. The van der Waals surface area contributed by atoms with Gasteiger partial charge in [0.15, 0.2) is 0 Å². The van der Waals surface area contributed by atoms with E-state index in [1.54, 1.807) is 13.3 Å². The van der Waals surface area contributed by atoms with Gasteiger partial charge in [0.2, 0.25) is 5.88 Å². The molecule has 0 amide bonds. The molecule has 3 nitrogen and oxygen atoms in total. The van der Waals surface area contributed by atoms with E-state index in [9.17, 15) is 0 Å². The summed E-state index contributed by atoms with van der Waals surface area (Å²) in [7, 11) is 1.67. The molecule has 0 saturated heterocycles. The lowest BCUT2D eigenvalue weighted by Gasteiger charge is -2.36. The van der Waals surface area contributed by atoms with E-state index in [2.05, 4.69) is 47.6 Å². The van der Waals surface area contributed by atoms with Gasteiger partial charge in [-0.3, -0.25) is 0 Å². The molecular formula is C18H22N2O. The lowest BCUT2D eigenvalue weighted by atomic mass is 9.75. The summed E-state index contributed by atoms with van der Waals surface area (Å²) in [5.41, 5.74) is 3.92. The van der Waals surface area contributed by atoms with Gasteiger partial charge in [0, 0.05) is 24.3 Å². The van der Waals surface area contributed by atoms with Crippen molar-refractivity contribution in [2.24, 2.45) is 0 Å². The number of ether oxygens (including phenoxy) is 1. The van der Waals surface area contributed by atoms with Crippen molar-refractivity contribution in [1.82, 2.24) is 10.3 Å². The molecule has 1 aliphatic carbocycles. The summed E-state index contributed by atoms with van der Waals surface area (Å²) in [6, 6.07) is 13.6. The Labute approximate surface area is 126 Å². The fourth-order valence-electron chi connectivity index (χ4n) is 2.89. The minimum atomic E-state index is 0.598. The van der Waals surface area contributed by atoms with Gasteiger partial charge in [-0.15, -0.1) is 0 Å². The average Bonchev–Trinajstić information content (AvgIpc) is 2.48. The zero-order valence-electron chi connectivity index (χ0n) is 12.7. The molecule has 0 atom stereocenters. The Balaban J connectivity index is 1.50. The SMILES string of the molecule is COc1ncccc1CNC1CC(c2ccc(C)cc2)C1. The topological polar surface area (TPSA) is 34.1 Å². The number of nitrogens with zero attached hydrogens (tertiary/aromatic N) is 1. The maximum Gasteiger partial charge on any atom is 0.217 e. The van der Waals surface area contributed by atoms with Crippen LogP contribution >= 0.6 is 0 Å². The highest BCUT2D eigenvalue weighted by molar-refractivity contribution is 5.28. The second kappa shape index (κ2) is 6.27. The minimum Gasteiger partial charge on any atom is -0.481 e. The van der Waals surface area contributed by atoms with Crippen LogP contribution in [0.2, 0.25) is 0 Å². The van der Waals surface area contributed by atoms with Gasteiger partial charge in [0.05, 0.1) is 7.11 Å². The van der Waals surface area contributed by atoms with Gasteiger partial charge in [-0.2, -0.15) is 0 Å². The normalized spacial score (nSPS) is 20.9. The molecule has 1 fully saturated rings. The molecular weight excluding hydrogens is 260 g/mol. The predicted octanol–water partition coefficient (Wildman–Crippen LogP) is 3.43. The van der Waals surface area contributed by atoms with Crippen molar-refractivity contribution in [3.63, 3.8) is 0 Å². The third kappa shape index (κ3) is 3.24. The Kier molecular flexibility index (Phi) is 4.20. The summed E-state index contributed by atoms with van der Waals surface area (Å²) in [5.74, 6) is 1.43. The van der Waals surface area contributed by atoms with Crippen LogP contribution in [0.15, 0.2) is 42.6 Å². The van der Waals surface area contributed by atoms with Crippen molar-refractivity contribution in [2.45, 2.75) is 38.3 Å². The molecule has 1 heterocycles. The van der Waals surface area contributed by atoms with Gasteiger partial charge >= 0.3 is 0 Å². The van der Waals surface area contributed by atoms with Crippen molar-refractivity contribution in [1.29, 1.82) is 0 Å². The van der Waals surface area contributed by atoms with Gasteiger partial charge in [-0.25, -0.2) is 4.98 Å². The zero-order valence-corrected chi connectivity index (χ0v) is 12.7. The molecule has 110 valence electrons. The summed E-state index contributed by atoms with van der Waals surface area (Å²) in [6.45, 7) is 2.96. The van der Waals surface area contributed by atoms with Crippen LogP contribution in [0.5, 0.6) is 5.88 Å². The number of hydrogen-bond acceptors (Lipinski definition) is 3. The van der Waals surface area contributed by atoms with E-state index >= 15 is 0 Å². The number of aromatic nitrogens is 1. The Morgan fingerprint density at radius 1 is 1.19 bits per heavy atom. The number of methoxy groups -OCH3 is 1. The highest BCUT2D eigenvalue weighted by atomic mass is 16.5. The monoisotopic (exact) mass is 282 g/mol.